The first-order valence-corrected chi connectivity index (χ1v) is 4.57. The zero-order chi connectivity index (χ0) is 10.6. The number of ether oxygens (including phenoxy) is 1. The highest BCUT2D eigenvalue weighted by molar-refractivity contribution is 5.46. The van der Waals surface area contributed by atoms with Crippen LogP contribution in [0.3, 0.4) is 0 Å². The normalized spacial score (nSPS) is 10.3. The molecule has 0 amide bonds. The van der Waals surface area contributed by atoms with Gasteiger partial charge in [0.25, 0.3) is 0 Å². The predicted octanol–water partition coefficient (Wildman–Crippen LogP) is 3.35. The number of benzene rings is 1. The van der Waals surface area contributed by atoms with Crippen molar-refractivity contribution in [3.05, 3.63) is 48.2 Å². The molecule has 1 radical (unpaired) electrons. The summed E-state index contributed by atoms with van der Waals surface area (Å²) in [6, 6.07) is 4.49. The zero-order valence-corrected chi connectivity index (χ0v) is 8.51. The van der Waals surface area contributed by atoms with Gasteiger partial charge < -0.3 is 4.74 Å². The van der Waals surface area contributed by atoms with Crippen molar-refractivity contribution in [2.45, 2.75) is 13.8 Å². The quantitative estimate of drug-likeness (QED) is 0.712. The highest BCUT2D eigenvalue weighted by Gasteiger charge is 2.10. The van der Waals surface area contributed by atoms with E-state index in [1.165, 1.54) is 12.1 Å². The lowest BCUT2D eigenvalue weighted by Crippen LogP contribution is -1.99. The third-order valence-electron chi connectivity index (χ3n) is 1.97. The molecule has 14 heavy (non-hydrogen) atoms. The van der Waals surface area contributed by atoms with Gasteiger partial charge in [0.05, 0.1) is 6.61 Å². The molecule has 1 rings (SSSR count). The maximum atomic E-state index is 13.0. The van der Waals surface area contributed by atoms with Crippen LogP contribution in [-0.4, -0.2) is 6.61 Å². The van der Waals surface area contributed by atoms with Gasteiger partial charge in [-0.2, -0.15) is 0 Å². The first-order valence-electron chi connectivity index (χ1n) is 4.57. The Hall–Kier alpha value is -1.31. The Bertz CT molecular complexity index is 320. The van der Waals surface area contributed by atoms with Crippen molar-refractivity contribution < 1.29 is 9.13 Å². The van der Waals surface area contributed by atoms with Crippen LogP contribution in [0.1, 0.15) is 19.4 Å². The van der Waals surface area contributed by atoms with Crippen LogP contribution >= 0.6 is 0 Å². The molecule has 0 heterocycles. The summed E-state index contributed by atoms with van der Waals surface area (Å²) in [6.07, 6.45) is 1.69. The maximum Gasteiger partial charge on any atom is 0.123 e. The average Bonchev–Trinajstić information content (AvgIpc) is 2.20. The van der Waals surface area contributed by atoms with Crippen LogP contribution in [-0.2, 0) is 0 Å². The van der Waals surface area contributed by atoms with E-state index in [4.69, 9.17) is 4.74 Å². The van der Waals surface area contributed by atoms with Gasteiger partial charge in [-0.3, -0.25) is 0 Å². The topological polar surface area (TPSA) is 9.23 Å². The number of hydrogen-bond acceptors (Lipinski definition) is 1. The van der Waals surface area contributed by atoms with Crippen molar-refractivity contribution in [1.82, 2.24) is 0 Å². The molecule has 0 aliphatic carbocycles. The van der Waals surface area contributed by atoms with Gasteiger partial charge in [-0.1, -0.05) is 13.0 Å². The van der Waals surface area contributed by atoms with Crippen molar-refractivity contribution >= 4 is 0 Å². The molecule has 0 aliphatic rings. The Labute approximate surface area is 84.2 Å². The number of hydrogen-bond donors (Lipinski definition) is 0. The lowest BCUT2D eigenvalue weighted by Gasteiger charge is -2.12. The standard InChI is InChI=1S/C12H14FO/c1-4-9(3)11-8-10(13)6-7-12(11)14-5-2/h4,6-8H,1,5H2,2-3H3. The second kappa shape index (κ2) is 4.80. The van der Waals surface area contributed by atoms with Crippen molar-refractivity contribution in [3.63, 3.8) is 0 Å². The summed E-state index contributed by atoms with van der Waals surface area (Å²) in [5.74, 6) is 1.35. The van der Waals surface area contributed by atoms with E-state index in [1.807, 2.05) is 13.8 Å². The second-order valence-electron chi connectivity index (χ2n) is 2.96. The van der Waals surface area contributed by atoms with Crippen LogP contribution in [0.25, 0.3) is 0 Å². The number of halogens is 1. The van der Waals surface area contributed by atoms with Gasteiger partial charge in [-0.25, -0.2) is 4.39 Å². The molecule has 0 saturated carbocycles. The van der Waals surface area contributed by atoms with Crippen LogP contribution < -0.4 is 4.74 Å². The zero-order valence-electron chi connectivity index (χ0n) is 8.51. The Morgan fingerprint density at radius 2 is 2.29 bits per heavy atom. The van der Waals surface area contributed by atoms with Crippen LogP contribution in [0.2, 0.25) is 0 Å². The molecule has 2 heteroatoms. The van der Waals surface area contributed by atoms with Crippen LogP contribution in [0.4, 0.5) is 4.39 Å². The van der Waals surface area contributed by atoms with E-state index < -0.39 is 0 Å². The van der Waals surface area contributed by atoms with E-state index in [9.17, 15) is 4.39 Å². The summed E-state index contributed by atoms with van der Waals surface area (Å²) in [5.41, 5.74) is 0.766. The molecule has 0 spiro atoms. The summed E-state index contributed by atoms with van der Waals surface area (Å²) in [4.78, 5) is 0. The summed E-state index contributed by atoms with van der Waals surface area (Å²) in [5, 5.41) is 0. The number of allylic oxidation sites excluding steroid dienone is 1. The molecular formula is C12H14FO. The van der Waals surface area contributed by atoms with Gasteiger partial charge in [0, 0.05) is 11.5 Å². The van der Waals surface area contributed by atoms with E-state index >= 15 is 0 Å². The summed E-state index contributed by atoms with van der Waals surface area (Å²) in [6.45, 7) is 8.00. The molecule has 1 aromatic rings. The van der Waals surface area contributed by atoms with Gasteiger partial charge >= 0.3 is 0 Å². The minimum absolute atomic E-state index is 0.260. The monoisotopic (exact) mass is 193 g/mol. The fourth-order valence-electron chi connectivity index (χ4n) is 1.20. The maximum absolute atomic E-state index is 13.0. The smallest absolute Gasteiger partial charge is 0.123 e. The molecule has 0 fully saturated rings. The molecule has 1 nitrogen and oxygen atoms in total. The van der Waals surface area contributed by atoms with Crippen molar-refractivity contribution in [2.24, 2.45) is 0 Å². The largest absolute Gasteiger partial charge is 0.494 e. The van der Waals surface area contributed by atoms with E-state index in [-0.39, 0.29) is 5.82 Å². The molecular weight excluding hydrogens is 179 g/mol. The SMILES string of the molecule is C=C[C](C)c1cc(F)ccc1OCC. The van der Waals surface area contributed by atoms with E-state index in [1.54, 1.807) is 12.1 Å². The van der Waals surface area contributed by atoms with Gasteiger partial charge in [0.1, 0.15) is 11.6 Å². The first-order chi connectivity index (χ1) is 6.69. The molecule has 0 saturated heterocycles. The molecule has 0 N–H and O–H groups in total. The van der Waals surface area contributed by atoms with Crippen molar-refractivity contribution in [3.8, 4) is 5.75 Å². The Morgan fingerprint density at radius 1 is 1.57 bits per heavy atom. The van der Waals surface area contributed by atoms with Gasteiger partial charge in [-0.05, 0) is 25.1 Å². The molecule has 0 aliphatic heterocycles. The van der Waals surface area contributed by atoms with Crippen molar-refractivity contribution in [2.75, 3.05) is 6.61 Å². The fourth-order valence-corrected chi connectivity index (χ4v) is 1.20. The summed E-state index contributed by atoms with van der Waals surface area (Å²) < 4.78 is 18.4. The highest BCUT2D eigenvalue weighted by Crippen LogP contribution is 2.27. The average molecular weight is 193 g/mol. The Balaban J connectivity index is 3.08. The molecule has 0 unspecified atom stereocenters. The summed E-state index contributed by atoms with van der Waals surface area (Å²) >= 11 is 0. The van der Waals surface area contributed by atoms with Gasteiger partial charge in [0.15, 0.2) is 0 Å². The minimum Gasteiger partial charge on any atom is -0.494 e. The minimum atomic E-state index is -0.260. The van der Waals surface area contributed by atoms with Crippen molar-refractivity contribution in [1.29, 1.82) is 0 Å². The Morgan fingerprint density at radius 3 is 2.86 bits per heavy atom. The predicted molar refractivity (Wildman–Crippen MR) is 55.8 cm³/mol. The summed E-state index contributed by atoms with van der Waals surface area (Å²) in [7, 11) is 0. The van der Waals surface area contributed by atoms with Gasteiger partial charge in [0.2, 0.25) is 0 Å². The molecule has 1 aromatic carbocycles. The van der Waals surface area contributed by atoms with Gasteiger partial charge in [-0.15, -0.1) is 6.58 Å². The Kier molecular flexibility index (Phi) is 3.69. The third-order valence-corrected chi connectivity index (χ3v) is 1.97. The first kappa shape index (κ1) is 10.8. The lowest BCUT2D eigenvalue weighted by atomic mass is 10.0. The molecule has 0 bridgehead atoms. The molecule has 75 valence electrons. The fraction of sp³-hybridized carbons (Fsp3) is 0.250. The third kappa shape index (κ3) is 2.34. The molecule has 0 atom stereocenters. The lowest BCUT2D eigenvalue weighted by molar-refractivity contribution is 0.337. The van der Waals surface area contributed by atoms with E-state index in [2.05, 4.69) is 6.58 Å². The van der Waals surface area contributed by atoms with Crippen LogP contribution in [0.15, 0.2) is 30.9 Å². The number of rotatable bonds is 4. The van der Waals surface area contributed by atoms with Crippen LogP contribution in [0, 0.1) is 11.7 Å². The van der Waals surface area contributed by atoms with E-state index in [0.717, 1.165) is 11.5 Å². The van der Waals surface area contributed by atoms with E-state index in [0.29, 0.717) is 12.4 Å². The van der Waals surface area contributed by atoms with Crippen LogP contribution in [0.5, 0.6) is 5.75 Å². The molecule has 0 aromatic heterocycles. The second-order valence-corrected chi connectivity index (χ2v) is 2.96. The highest BCUT2D eigenvalue weighted by atomic mass is 19.1.